The molecule has 2 aromatic carbocycles. The topological polar surface area (TPSA) is 101 Å². The van der Waals surface area contributed by atoms with Gasteiger partial charge in [-0.2, -0.15) is 4.31 Å². The summed E-state index contributed by atoms with van der Waals surface area (Å²) in [5.74, 6) is -0.284. The Morgan fingerprint density at radius 2 is 1.79 bits per heavy atom. The zero-order valence-corrected chi connectivity index (χ0v) is 20.0. The molecule has 174 valence electrons. The third kappa shape index (κ3) is 5.29. The number of rotatable bonds is 6. The molecular formula is C23H26N4O4S2. The average molecular weight is 487 g/mol. The highest BCUT2D eigenvalue weighted by Crippen LogP contribution is 2.23. The second-order valence-corrected chi connectivity index (χ2v) is 10.8. The second kappa shape index (κ2) is 10.1. The van der Waals surface area contributed by atoms with Gasteiger partial charge in [0.2, 0.25) is 15.9 Å². The molecule has 0 unspecified atom stereocenters. The minimum atomic E-state index is -3.60. The molecule has 1 saturated heterocycles. The van der Waals surface area contributed by atoms with Gasteiger partial charge in [-0.3, -0.25) is 14.2 Å². The van der Waals surface area contributed by atoms with Crippen molar-refractivity contribution in [1.82, 2.24) is 13.9 Å². The molecule has 4 rings (SSSR count). The van der Waals surface area contributed by atoms with Crippen LogP contribution in [0.5, 0.6) is 0 Å². The van der Waals surface area contributed by atoms with Crippen LogP contribution in [0.3, 0.4) is 0 Å². The van der Waals surface area contributed by atoms with Crippen molar-refractivity contribution in [2.75, 3.05) is 24.2 Å². The molecular weight excluding hydrogens is 460 g/mol. The van der Waals surface area contributed by atoms with Crippen molar-refractivity contribution in [3.05, 3.63) is 58.9 Å². The number of anilines is 1. The lowest BCUT2D eigenvalue weighted by molar-refractivity contribution is -0.113. The Kier molecular flexibility index (Phi) is 7.16. The number of benzene rings is 2. The Morgan fingerprint density at radius 3 is 2.55 bits per heavy atom. The molecule has 1 aliphatic rings. The van der Waals surface area contributed by atoms with Gasteiger partial charge in [0, 0.05) is 25.8 Å². The van der Waals surface area contributed by atoms with Gasteiger partial charge in [0.15, 0.2) is 5.16 Å². The van der Waals surface area contributed by atoms with Gasteiger partial charge in [-0.1, -0.05) is 42.8 Å². The maximum Gasteiger partial charge on any atom is 0.261 e. The molecule has 0 aliphatic carbocycles. The van der Waals surface area contributed by atoms with Gasteiger partial charge in [-0.25, -0.2) is 13.4 Å². The number of carbonyl (C=O) groups excluding carboxylic acids is 1. The molecule has 10 heteroatoms. The van der Waals surface area contributed by atoms with Gasteiger partial charge < -0.3 is 5.32 Å². The predicted molar refractivity (Wildman–Crippen MR) is 130 cm³/mol. The fourth-order valence-electron chi connectivity index (χ4n) is 3.82. The molecule has 1 aromatic heterocycles. The fraction of sp³-hybridized carbons (Fsp3) is 0.348. The number of nitrogens with zero attached hydrogens (tertiary/aromatic N) is 3. The molecule has 1 fully saturated rings. The molecule has 1 aliphatic heterocycles. The van der Waals surface area contributed by atoms with Crippen LogP contribution in [0.15, 0.2) is 63.4 Å². The van der Waals surface area contributed by atoms with E-state index in [-0.39, 0.29) is 22.1 Å². The SMILES string of the molecule is Cn1c(SCC(=O)Nc2cccc(S(=O)(=O)N3CCCCCC3)c2)nc2ccccc2c1=O. The van der Waals surface area contributed by atoms with E-state index in [2.05, 4.69) is 10.3 Å². The van der Waals surface area contributed by atoms with Gasteiger partial charge in [-0.05, 0) is 43.2 Å². The highest BCUT2D eigenvalue weighted by Gasteiger charge is 2.25. The van der Waals surface area contributed by atoms with E-state index in [9.17, 15) is 18.0 Å². The van der Waals surface area contributed by atoms with E-state index in [1.807, 2.05) is 6.07 Å². The molecule has 0 spiro atoms. The summed E-state index contributed by atoms with van der Waals surface area (Å²) in [4.78, 5) is 29.7. The summed E-state index contributed by atoms with van der Waals surface area (Å²) in [5, 5.41) is 3.71. The zero-order chi connectivity index (χ0) is 23.4. The molecule has 1 N–H and O–H groups in total. The summed E-state index contributed by atoms with van der Waals surface area (Å²) in [6.07, 6.45) is 3.80. The number of sulfonamides is 1. The molecule has 0 bridgehead atoms. The number of aromatic nitrogens is 2. The van der Waals surface area contributed by atoms with Crippen LogP contribution in [0, 0.1) is 0 Å². The Labute approximate surface area is 197 Å². The van der Waals surface area contributed by atoms with Crippen LogP contribution in [-0.2, 0) is 21.9 Å². The molecule has 1 amide bonds. The summed E-state index contributed by atoms with van der Waals surface area (Å²) in [6.45, 7) is 1.04. The van der Waals surface area contributed by atoms with Crippen molar-refractivity contribution in [2.24, 2.45) is 7.05 Å². The first-order chi connectivity index (χ1) is 15.9. The normalized spacial score (nSPS) is 15.3. The van der Waals surface area contributed by atoms with Crippen molar-refractivity contribution < 1.29 is 13.2 Å². The third-order valence-electron chi connectivity index (χ3n) is 5.60. The quantitative estimate of drug-likeness (QED) is 0.424. The monoisotopic (exact) mass is 486 g/mol. The highest BCUT2D eigenvalue weighted by atomic mass is 32.2. The number of carbonyl (C=O) groups is 1. The molecule has 0 radical (unpaired) electrons. The first-order valence-electron chi connectivity index (χ1n) is 10.8. The van der Waals surface area contributed by atoms with E-state index < -0.39 is 10.0 Å². The Hall–Kier alpha value is -2.69. The van der Waals surface area contributed by atoms with Gasteiger partial charge in [0.25, 0.3) is 5.56 Å². The van der Waals surface area contributed by atoms with Gasteiger partial charge >= 0.3 is 0 Å². The summed E-state index contributed by atoms with van der Waals surface area (Å²) in [6, 6.07) is 13.4. The van der Waals surface area contributed by atoms with E-state index in [0.717, 1.165) is 37.4 Å². The first-order valence-corrected chi connectivity index (χ1v) is 13.3. The van der Waals surface area contributed by atoms with Crippen LogP contribution in [-0.4, -0.2) is 47.0 Å². The summed E-state index contributed by atoms with van der Waals surface area (Å²) < 4.78 is 29.0. The first kappa shape index (κ1) is 23.5. The van der Waals surface area contributed by atoms with Crippen LogP contribution in [0.1, 0.15) is 25.7 Å². The van der Waals surface area contributed by atoms with Gasteiger partial charge in [0.1, 0.15) is 0 Å². The number of thioether (sulfide) groups is 1. The molecule has 33 heavy (non-hydrogen) atoms. The van der Waals surface area contributed by atoms with Crippen molar-refractivity contribution >= 4 is 44.3 Å². The number of nitrogens with one attached hydrogen (secondary N) is 1. The highest BCUT2D eigenvalue weighted by molar-refractivity contribution is 7.99. The molecule has 8 nitrogen and oxygen atoms in total. The zero-order valence-electron chi connectivity index (χ0n) is 18.4. The number of para-hydroxylation sites is 1. The largest absolute Gasteiger partial charge is 0.325 e. The van der Waals surface area contributed by atoms with Crippen molar-refractivity contribution in [3.8, 4) is 0 Å². The molecule has 0 atom stereocenters. The van der Waals surface area contributed by atoms with Crippen LogP contribution >= 0.6 is 11.8 Å². The fourth-order valence-corrected chi connectivity index (χ4v) is 6.15. The summed E-state index contributed by atoms with van der Waals surface area (Å²) in [5.41, 5.74) is 0.821. The number of fused-ring (bicyclic) bond motifs is 1. The summed E-state index contributed by atoms with van der Waals surface area (Å²) >= 11 is 1.15. The maximum absolute atomic E-state index is 13.0. The van der Waals surface area contributed by atoms with Crippen LogP contribution in [0.25, 0.3) is 10.9 Å². The van der Waals surface area contributed by atoms with E-state index in [0.29, 0.717) is 34.8 Å². The van der Waals surface area contributed by atoms with Gasteiger partial charge in [-0.15, -0.1) is 0 Å². The molecule has 0 saturated carbocycles. The average Bonchev–Trinajstić information content (AvgIpc) is 3.11. The number of hydrogen-bond acceptors (Lipinski definition) is 6. The van der Waals surface area contributed by atoms with Crippen LogP contribution in [0.2, 0.25) is 0 Å². The van der Waals surface area contributed by atoms with Crippen LogP contribution < -0.4 is 10.9 Å². The minimum absolute atomic E-state index is 0.0295. The lowest BCUT2D eigenvalue weighted by atomic mass is 10.2. The van der Waals surface area contributed by atoms with Crippen molar-refractivity contribution in [3.63, 3.8) is 0 Å². The van der Waals surface area contributed by atoms with E-state index >= 15 is 0 Å². The van der Waals surface area contributed by atoms with Crippen LogP contribution in [0.4, 0.5) is 5.69 Å². The second-order valence-electron chi connectivity index (χ2n) is 7.96. The van der Waals surface area contributed by atoms with E-state index in [1.165, 1.54) is 14.9 Å². The molecule has 3 aromatic rings. The van der Waals surface area contributed by atoms with Crippen molar-refractivity contribution in [1.29, 1.82) is 0 Å². The Morgan fingerprint density at radius 1 is 1.06 bits per heavy atom. The smallest absolute Gasteiger partial charge is 0.261 e. The number of hydrogen-bond donors (Lipinski definition) is 1. The Balaban J connectivity index is 1.45. The maximum atomic E-state index is 13.0. The minimum Gasteiger partial charge on any atom is -0.325 e. The van der Waals surface area contributed by atoms with Gasteiger partial charge in [0.05, 0.1) is 21.6 Å². The lowest BCUT2D eigenvalue weighted by Crippen LogP contribution is -2.32. The standard InChI is InChI=1S/C23H26N4O4S2/c1-26-22(29)19-11-4-5-12-20(19)25-23(26)32-16-21(28)24-17-9-8-10-18(15-17)33(30,31)27-13-6-2-3-7-14-27/h4-5,8-12,15H,2-3,6-7,13-14,16H2,1H3,(H,24,28). The van der Waals surface area contributed by atoms with E-state index in [1.54, 1.807) is 43.4 Å². The lowest BCUT2D eigenvalue weighted by Gasteiger charge is -2.20. The van der Waals surface area contributed by atoms with Crippen molar-refractivity contribution in [2.45, 2.75) is 35.7 Å². The Bertz CT molecular complexity index is 1330. The predicted octanol–water partition coefficient (Wildman–Crippen LogP) is 3.23. The third-order valence-corrected chi connectivity index (χ3v) is 8.52. The number of amides is 1. The van der Waals surface area contributed by atoms with E-state index in [4.69, 9.17) is 0 Å². The summed E-state index contributed by atoms with van der Waals surface area (Å²) in [7, 11) is -1.98. The molecule has 2 heterocycles.